The van der Waals surface area contributed by atoms with E-state index in [0.717, 1.165) is 5.56 Å². The Morgan fingerprint density at radius 3 is 2.62 bits per heavy atom. The molecule has 0 saturated carbocycles. The van der Waals surface area contributed by atoms with Crippen molar-refractivity contribution in [2.24, 2.45) is 0 Å². The van der Waals surface area contributed by atoms with E-state index in [9.17, 15) is 4.79 Å². The Hall–Kier alpha value is -1.32. The average Bonchev–Trinajstić information content (AvgIpc) is 2.46. The number of carbonyl (C=O) groups is 1. The molecule has 1 rings (SSSR count). The number of hydrogen-bond acceptors (Lipinski definition) is 3. The van der Waals surface area contributed by atoms with E-state index < -0.39 is 5.97 Å². The van der Waals surface area contributed by atoms with Crippen LogP contribution in [-0.4, -0.2) is 16.2 Å². The topological polar surface area (TPSA) is 63.3 Å². The smallest absolute Gasteiger partial charge is 0.358 e. The lowest BCUT2D eigenvalue weighted by molar-refractivity contribution is 0.0684. The molecule has 0 aliphatic heterocycles. The Morgan fingerprint density at radius 2 is 2.23 bits per heavy atom. The van der Waals surface area contributed by atoms with E-state index in [1.54, 1.807) is 0 Å². The van der Waals surface area contributed by atoms with Crippen molar-refractivity contribution in [3.05, 3.63) is 17.0 Å². The zero-order chi connectivity index (χ0) is 10.0. The van der Waals surface area contributed by atoms with Gasteiger partial charge in [-0.25, -0.2) is 4.79 Å². The standard InChI is InChI=1S/C9H13NO3/c1-4-6-7(5(2)3)8(9(11)12)10-13-6/h5H,4H2,1-3H3,(H,11,12). The molecular formula is C9H13NO3. The molecule has 13 heavy (non-hydrogen) atoms. The number of aromatic nitrogens is 1. The molecule has 1 aromatic rings. The van der Waals surface area contributed by atoms with Crippen molar-refractivity contribution in [2.75, 3.05) is 0 Å². The Kier molecular flexibility index (Phi) is 2.70. The third-order valence-electron chi connectivity index (χ3n) is 1.90. The summed E-state index contributed by atoms with van der Waals surface area (Å²) in [6.07, 6.45) is 0.674. The van der Waals surface area contributed by atoms with Crippen LogP contribution in [-0.2, 0) is 6.42 Å². The molecule has 0 bridgehead atoms. The minimum atomic E-state index is -1.02. The fraction of sp³-hybridized carbons (Fsp3) is 0.556. The van der Waals surface area contributed by atoms with Gasteiger partial charge in [-0.15, -0.1) is 0 Å². The Labute approximate surface area is 76.5 Å². The summed E-state index contributed by atoms with van der Waals surface area (Å²) in [6.45, 7) is 5.77. The molecule has 0 aliphatic rings. The first kappa shape index (κ1) is 9.77. The molecule has 0 unspecified atom stereocenters. The van der Waals surface area contributed by atoms with E-state index in [1.807, 2.05) is 20.8 Å². The van der Waals surface area contributed by atoms with Crippen LogP contribution in [0.1, 0.15) is 48.5 Å². The fourth-order valence-corrected chi connectivity index (χ4v) is 1.34. The molecule has 1 N–H and O–H groups in total. The summed E-state index contributed by atoms with van der Waals surface area (Å²) in [6, 6.07) is 0. The van der Waals surface area contributed by atoms with Crippen LogP contribution in [0.25, 0.3) is 0 Å². The van der Waals surface area contributed by atoms with Crippen LogP contribution in [0.3, 0.4) is 0 Å². The molecule has 0 aliphatic carbocycles. The number of aromatic carboxylic acids is 1. The van der Waals surface area contributed by atoms with E-state index in [1.165, 1.54) is 0 Å². The van der Waals surface area contributed by atoms with Crippen LogP contribution in [0.15, 0.2) is 4.52 Å². The van der Waals surface area contributed by atoms with E-state index in [0.29, 0.717) is 12.2 Å². The van der Waals surface area contributed by atoms with Crippen molar-refractivity contribution < 1.29 is 14.4 Å². The maximum Gasteiger partial charge on any atom is 0.358 e. The largest absolute Gasteiger partial charge is 0.476 e. The molecule has 1 heterocycles. The number of carboxylic acids is 1. The van der Waals surface area contributed by atoms with Crippen molar-refractivity contribution in [1.29, 1.82) is 0 Å². The van der Waals surface area contributed by atoms with Gasteiger partial charge in [0.2, 0.25) is 0 Å². The number of hydrogen-bond donors (Lipinski definition) is 1. The minimum Gasteiger partial charge on any atom is -0.476 e. The molecule has 0 amide bonds. The van der Waals surface area contributed by atoms with Gasteiger partial charge in [-0.05, 0) is 5.92 Å². The number of rotatable bonds is 3. The predicted molar refractivity (Wildman–Crippen MR) is 46.9 cm³/mol. The fourth-order valence-electron chi connectivity index (χ4n) is 1.34. The maximum absolute atomic E-state index is 10.7. The van der Waals surface area contributed by atoms with Crippen molar-refractivity contribution in [3.63, 3.8) is 0 Å². The summed E-state index contributed by atoms with van der Waals surface area (Å²) in [4.78, 5) is 10.7. The number of aryl methyl sites for hydroxylation is 1. The van der Waals surface area contributed by atoms with Crippen molar-refractivity contribution >= 4 is 5.97 Å². The molecule has 0 atom stereocenters. The van der Waals surface area contributed by atoms with E-state index in [2.05, 4.69) is 5.16 Å². The normalized spacial score (nSPS) is 10.8. The van der Waals surface area contributed by atoms with Crippen LogP contribution >= 0.6 is 0 Å². The van der Waals surface area contributed by atoms with Gasteiger partial charge >= 0.3 is 5.97 Å². The summed E-state index contributed by atoms with van der Waals surface area (Å²) >= 11 is 0. The Balaban J connectivity index is 3.22. The third kappa shape index (κ3) is 1.71. The highest BCUT2D eigenvalue weighted by molar-refractivity contribution is 5.87. The summed E-state index contributed by atoms with van der Waals surface area (Å²) in [5, 5.41) is 12.3. The van der Waals surface area contributed by atoms with Gasteiger partial charge in [0.1, 0.15) is 5.76 Å². The average molecular weight is 183 g/mol. The molecule has 72 valence electrons. The zero-order valence-electron chi connectivity index (χ0n) is 8.00. The summed E-state index contributed by atoms with van der Waals surface area (Å²) in [5.41, 5.74) is 0.766. The van der Waals surface area contributed by atoms with Gasteiger partial charge in [0, 0.05) is 12.0 Å². The molecule has 4 heteroatoms. The predicted octanol–water partition coefficient (Wildman–Crippen LogP) is 2.06. The van der Waals surface area contributed by atoms with Crippen molar-refractivity contribution in [2.45, 2.75) is 33.1 Å². The van der Waals surface area contributed by atoms with Gasteiger partial charge in [0.05, 0.1) is 0 Å². The lowest BCUT2D eigenvalue weighted by atomic mass is 10.00. The summed E-state index contributed by atoms with van der Waals surface area (Å²) < 4.78 is 4.94. The highest BCUT2D eigenvalue weighted by Crippen LogP contribution is 2.23. The van der Waals surface area contributed by atoms with Gasteiger partial charge < -0.3 is 9.63 Å². The monoisotopic (exact) mass is 183 g/mol. The Morgan fingerprint density at radius 1 is 1.62 bits per heavy atom. The van der Waals surface area contributed by atoms with Gasteiger partial charge in [-0.2, -0.15) is 0 Å². The lowest BCUT2D eigenvalue weighted by Crippen LogP contribution is -2.03. The van der Waals surface area contributed by atoms with Gasteiger partial charge in [-0.3, -0.25) is 0 Å². The minimum absolute atomic E-state index is 0.0480. The van der Waals surface area contributed by atoms with Crippen molar-refractivity contribution in [3.8, 4) is 0 Å². The number of nitrogens with zero attached hydrogens (tertiary/aromatic N) is 1. The second kappa shape index (κ2) is 3.60. The van der Waals surface area contributed by atoms with E-state index in [-0.39, 0.29) is 11.6 Å². The van der Waals surface area contributed by atoms with Gasteiger partial charge in [0.15, 0.2) is 5.69 Å². The second-order valence-electron chi connectivity index (χ2n) is 3.18. The number of carboxylic acid groups (broad SMARTS) is 1. The maximum atomic E-state index is 10.7. The van der Waals surface area contributed by atoms with Crippen LogP contribution in [0.4, 0.5) is 0 Å². The first-order valence-corrected chi connectivity index (χ1v) is 4.29. The van der Waals surface area contributed by atoms with Crippen molar-refractivity contribution in [1.82, 2.24) is 5.16 Å². The highest BCUT2D eigenvalue weighted by atomic mass is 16.5. The van der Waals surface area contributed by atoms with E-state index >= 15 is 0 Å². The Bertz CT molecular complexity index is 315. The van der Waals surface area contributed by atoms with E-state index in [4.69, 9.17) is 9.63 Å². The first-order chi connectivity index (χ1) is 6.07. The lowest BCUT2D eigenvalue weighted by Gasteiger charge is -2.03. The molecule has 0 radical (unpaired) electrons. The molecular weight excluding hydrogens is 170 g/mol. The molecule has 4 nitrogen and oxygen atoms in total. The third-order valence-corrected chi connectivity index (χ3v) is 1.90. The van der Waals surface area contributed by atoms with Crippen LogP contribution in [0, 0.1) is 0 Å². The second-order valence-corrected chi connectivity index (χ2v) is 3.18. The summed E-state index contributed by atoms with van der Waals surface area (Å²) in [7, 11) is 0. The summed E-state index contributed by atoms with van der Waals surface area (Å²) in [5.74, 6) is -0.216. The zero-order valence-corrected chi connectivity index (χ0v) is 8.00. The van der Waals surface area contributed by atoms with Crippen LogP contribution in [0.2, 0.25) is 0 Å². The quantitative estimate of drug-likeness (QED) is 0.779. The molecule has 0 spiro atoms. The van der Waals surface area contributed by atoms with Crippen LogP contribution < -0.4 is 0 Å². The first-order valence-electron chi connectivity index (χ1n) is 4.29. The SMILES string of the molecule is CCc1onc(C(=O)O)c1C(C)C. The van der Waals surface area contributed by atoms with Gasteiger partial charge in [-0.1, -0.05) is 25.9 Å². The molecule has 1 aromatic heterocycles. The van der Waals surface area contributed by atoms with Gasteiger partial charge in [0.25, 0.3) is 0 Å². The molecule has 0 fully saturated rings. The van der Waals surface area contributed by atoms with Crippen LogP contribution in [0.5, 0.6) is 0 Å². The molecule has 0 saturated heterocycles. The molecule has 0 aromatic carbocycles. The highest BCUT2D eigenvalue weighted by Gasteiger charge is 2.22.